The molecule has 1 atom stereocenters. The number of methoxy groups -OCH3 is 1. The summed E-state index contributed by atoms with van der Waals surface area (Å²) in [6, 6.07) is 11.0. The molecule has 0 aliphatic carbocycles. The van der Waals surface area contributed by atoms with Gasteiger partial charge in [0.05, 0.1) is 12.8 Å². The van der Waals surface area contributed by atoms with Gasteiger partial charge in [-0.1, -0.05) is 18.2 Å². The third kappa shape index (κ3) is 2.12. The molecule has 0 bridgehead atoms. The predicted molar refractivity (Wildman–Crippen MR) is 73.6 cm³/mol. The van der Waals surface area contributed by atoms with Crippen molar-refractivity contribution in [3.05, 3.63) is 53.4 Å². The van der Waals surface area contributed by atoms with Crippen molar-refractivity contribution < 1.29 is 14.3 Å². The molecule has 2 aromatic heterocycles. The van der Waals surface area contributed by atoms with Gasteiger partial charge in [0.25, 0.3) is 0 Å². The van der Waals surface area contributed by atoms with Crippen LogP contribution in [-0.4, -0.2) is 22.4 Å². The number of fused-ring (bicyclic) bond motifs is 1. The summed E-state index contributed by atoms with van der Waals surface area (Å²) < 4.78 is 10.7. The second kappa shape index (κ2) is 4.94. The zero-order valence-corrected chi connectivity index (χ0v) is 11.2. The van der Waals surface area contributed by atoms with E-state index < -0.39 is 6.10 Å². The third-order valence-corrected chi connectivity index (χ3v) is 3.18. The number of rotatable bonds is 3. The number of aryl methyl sites for hydroxylation is 1. The quantitative estimate of drug-likeness (QED) is 0.792. The number of hydrogen-bond donors (Lipinski definition) is 1. The van der Waals surface area contributed by atoms with E-state index in [0.29, 0.717) is 17.3 Å². The van der Waals surface area contributed by atoms with E-state index in [1.165, 1.54) is 7.11 Å². The molecule has 3 aromatic rings. The fourth-order valence-electron chi connectivity index (χ4n) is 2.09. The van der Waals surface area contributed by atoms with Crippen molar-refractivity contribution in [3.63, 3.8) is 0 Å². The van der Waals surface area contributed by atoms with E-state index in [9.17, 15) is 5.11 Å². The Morgan fingerprint density at radius 1 is 1.20 bits per heavy atom. The minimum absolute atomic E-state index is 0.404. The third-order valence-electron chi connectivity index (χ3n) is 3.18. The molecule has 0 aliphatic rings. The predicted octanol–water partition coefficient (Wildman–Crippen LogP) is 2.62. The van der Waals surface area contributed by atoms with E-state index >= 15 is 0 Å². The lowest BCUT2D eigenvalue weighted by Crippen LogP contribution is -2.03. The van der Waals surface area contributed by atoms with Crippen molar-refractivity contribution >= 4 is 11.0 Å². The van der Waals surface area contributed by atoms with Crippen LogP contribution < -0.4 is 4.74 Å². The van der Waals surface area contributed by atoms with Gasteiger partial charge in [-0.25, -0.2) is 0 Å². The van der Waals surface area contributed by atoms with Crippen LogP contribution in [0.25, 0.3) is 11.0 Å². The highest BCUT2D eigenvalue weighted by Gasteiger charge is 2.18. The van der Waals surface area contributed by atoms with Crippen molar-refractivity contribution in [1.29, 1.82) is 0 Å². The second-order valence-electron chi connectivity index (χ2n) is 4.55. The molecule has 20 heavy (non-hydrogen) atoms. The first-order chi connectivity index (χ1) is 9.69. The van der Waals surface area contributed by atoms with E-state index in [-0.39, 0.29) is 0 Å². The highest BCUT2D eigenvalue weighted by atomic mass is 16.5. The number of aliphatic hydroxyl groups is 1. The summed E-state index contributed by atoms with van der Waals surface area (Å²) in [5, 5.41) is 19.0. The van der Waals surface area contributed by atoms with Crippen LogP contribution in [-0.2, 0) is 0 Å². The lowest BCUT2D eigenvalue weighted by Gasteiger charge is -2.06. The Labute approximate surface area is 115 Å². The summed E-state index contributed by atoms with van der Waals surface area (Å²) in [5.41, 5.74) is 2.23. The van der Waals surface area contributed by atoms with Gasteiger partial charge >= 0.3 is 0 Å². The first kappa shape index (κ1) is 12.6. The number of para-hydroxylation sites is 1. The number of benzene rings is 1. The van der Waals surface area contributed by atoms with Crippen LogP contribution in [0, 0.1) is 6.92 Å². The normalized spacial score (nSPS) is 12.6. The molecular formula is C15H14N2O3. The molecule has 0 amide bonds. The number of aromatic nitrogens is 2. The van der Waals surface area contributed by atoms with Crippen molar-refractivity contribution in [2.24, 2.45) is 0 Å². The largest absolute Gasteiger partial charge is 0.480 e. The Bertz CT molecular complexity index is 734. The van der Waals surface area contributed by atoms with Gasteiger partial charge in [0.15, 0.2) is 6.10 Å². The summed E-state index contributed by atoms with van der Waals surface area (Å²) in [7, 11) is 1.52. The molecule has 1 aromatic carbocycles. The molecule has 0 aliphatic heterocycles. The van der Waals surface area contributed by atoms with Crippen LogP contribution in [0.15, 0.2) is 40.8 Å². The molecule has 0 fully saturated rings. The molecule has 5 nitrogen and oxygen atoms in total. The molecule has 0 saturated heterocycles. The van der Waals surface area contributed by atoms with Gasteiger partial charge < -0.3 is 14.3 Å². The van der Waals surface area contributed by atoms with E-state index in [2.05, 4.69) is 10.2 Å². The molecule has 1 N–H and O–H groups in total. The van der Waals surface area contributed by atoms with Crippen LogP contribution in [0.4, 0.5) is 0 Å². The monoisotopic (exact) mass is 270 g/mol. The minimum Gasteiger partial charge on any atom is -0.480 e. The maximum Gasteiger partial charge on any atom is 0.233 e. The van der Waals surface area contributed by atoms with E-state index in [0.717, 1.165) is 16.5 Å². The smallest absolute Gasteiger partial charge is 0.233 e. The van der Waals surface area contributed by atoms with E-state index in [1.807, 2.05) is 31.2 Å². The Balaban J connectivity index is 1.98. The molecule has 3 rings (SSSR count). The van der Waals surface area contributed by atoms with Crippen LogP contribution in [0.2, 0.25) is 0 Å². The Hall–Kier alpha value is -2.40. The molecule has 0 saturated carbocycles. The van der Waals surface area contributed by atoms with Gasteiger partial charge in [-0.2, -0.15) is 0 Å². The SMILES string of the molecule is COc1ccc(C(O)c2cc3cccc(C)c3o2)nn1. The maximum atomic E-state index is 10.3. The maximum absolute atomic E-state index is 10.3. The number of ether oxygens (including phenoxy) is 1. The first-order valence-electron chi connectivity index (χ1n) is 6.24. The fourth-order valence-corrected chi connectivity index (χ4v) is 2.09. The van der Waals surface area contributed by atoms with Crippen molar-refractivity contribution in [1.82, 2.24) is 10.2 Å². The van der Waals surface area contributed by atoms with Crippen molar-refractivity contribution in [2.45, 2.75) is 13.0 Å². The molecule has 0 spiro atoms. The first-order valence-corrected chi connectivity index (χ1v) is 6.24. The topological polar surface area (TPSA) is 68.4 Å². The number of furan rings is 1. The molecule has 102 valence electrons. The van der Waals surface area contributed by atoms with Crippen LogP contribution in [0.5, 0.6) is 5.88 Å². The Morgan fingerprint density at radius 2 is 2.05 bits per heavy atom. The number of aliphatic hydroxyl groups excluding tert-OH is 1. The lowest BCUT2D eigenvalue weighted by molar-refractivity contribution is 0.186. The van der Waals surface area contributed by atoms with Crippen LogP contribution in [0.1, 0.15) is 23.1 Å². The zero-order valence-electron chi connectivity index (χ0n) is 11.2. The van der Waals surface area contributed by atoms with Crippen LogP contribution >= 0.6 is 0 Å². The highest BCUT2D eigenvalue weighted by molar-refractivity contribution is 5.81. The van der Waals surface area contributed by atoms with Crippen molar-refractivity contribution in [3.8, 4) is 5.88 Å². The van der Waals surface area contributed by atoms with Crippen molar-refractivity contribution in [2.75, 3.05) is 7.11 Å². The van der Waals surface area contributed by atoms with Gasteiger partial charge in [-0.05, 0) is 24.6 Å². The summed E-state index contributed by atoms with van der Waals surface area (Å²) in [5.74, 6) is 0.857. The van der Waals surface area contributed by atoms with Gasteiger partial charge in [0.2, 0.25) is 5.88 Å². The molecule has 2 heterocycles. The average molecular weight is 270 g/mol. The standard InChI is InChI=1S/C15H14N2O3/c1-9-4-3-5-10-8-12(20-15(9)10)14(18)11-6-7-13(19-2)17-16-11/h3-8,14,18H,1-2H3. The fraction of sp³-hybridized carbons (Fsp3) is 0.200. The molecule has 0 radical (unpaired) electrons. The molecule has 5 heteroatoms. The minimum atomic E-state index is -0.944. The Kier molecular flexibility index (Phi) is 3.12. The number of nitrogens with zero attached hydrogens (tertiary/aromatic N) is 2. The van der Waals surface area contributed by atoms with Gasteiger partial charge in [-0.3, -0.25) is 0 Å². The van der Waals surface area contributed by atoms with E-state index in [4.69, 9.17) is 9.15 Å². The molecule has 1 unspecified atom stereocenters. The Morgan fingerprint density at radius 3 is 2.70 bits per heavy atom. The van der Waals surface area contributed by atoms with E-state index in [1.54, 1.807) is 12.1 Å². The highest BCUT2D eigenvalue weighted by Crippen LogP contribution is 2.29. The van der Waals surface area contributed by atoms with Gasteiger partial charge in [0, 0.05) is 11.5 Å². The van der Waals surface area contributed by atoms with Gasteiger partial charge in [0.1, 0.15) is 11.3 Å². The summed E-state index contributed by atoms with van der Waals surface area (Å²) in [4.78, 5) is 0. The lowest BCUT2D eigenvalue weighted by atomic mass is 10.1. The van der Waals surface area contributed by atoms with Crippen LogP contribution in [0.3, 0.4) is 0 Å². The summed E-state index contributed by atoms with van der Waals surface area (Å²) in [6.07, 6.45) is -0.944. The second-order valence-corrected chi connectivity index (χ2v) is 4.55. The number of hydrogen-bond acceptors (Lipinski definition) is 5. The average Bonchev–Trinajstić information content (AvgIpc) is 2.92. The summed E-state index contributed by atoms with van der Waals surface area (Å²) in [6.45, 7) is 1.97. The molecular weight excluding hydrogens is 256 g/mol. The summed E-state index contributed by atoms with van der Waals surface area (Å²) >= 11 is 0. The zero-order chi connectivity index (χ0) is 14.1. The van der Waals surface area contributed by atoms with Gasteiger partial charge in [-0.15, -0.1) is 10.2 Å².